The standard InChI is InChI=1S/C17H15Cl2N3O4/c18-12-4-10(5-13(19)7-12)16(24)20-21-17(25)11-6-15(23)22(8-11)9-14-2-1-3-26-14/h1-5,7,11H,6,8-9H2,(H,20,24)(H,21,25). The van der Waals surface area contributed by atoms with Crippen LogP contribution in [0.3, 0.4) is 0 Å². The number of nitrogens with one attached hydrogen (secondary N) is 2. The Balaban J connectivity index is 1.53. The highest BCUT2D eigenvalue weighted by atomic mass is 35.5. The van der Waals surface area contributed by atoms with Crippen LogP contribution in [0.1, 0.15) is 22.5 Å². The minimum Gasteiger partial charge on any atom is -0.467 e. The summed E-state index contributed by atoms with van der Waals surface area (Å²) in [7, 11) is 0. The molecule has 0 saturated carbocycles. The first kappa shape index (κ1) is 18.3. The van der Waals surface area contributed by atoms with Crippen molar-refractivity contribution in [2.24, 2.45) is 5.92 Å². The summed E-state index contributed by atoms with van der Waals surface area (Å²) < 4.78 is 5.21. The van der Waals surface area contributed by atoms with Crippen LogP contribution < -0.4 is 10.9 Å². The van der Waals surface area contributed by atoms with Gasteiger partial charge in [0.15, 0.2) is 0 Å². The third-order valence-electron chi connectivity index (χ3n) is 3.94. The number of halogens is 2. The number of furan rings is 1. The molecule has 2 aromatic rings. The van der Waals surface area contributed by atoms with Gasteiger partial charge in [-0.1, -0.05) is 23.2 Å². The number of rotatable bonds is 4. The second-order valence-electron chi connectivity index (χ2n) is 5.86. The van der Waals surface area contributed by atoms with Crippen LogP contribution in [0.25, 0.3) is 0 Å². The fourth-order valence-corrected chi connectivity index (χ4v) is 3.19. The average Bonchev–Trinajstić information content (AvgIpc) is 3.22. The van der Waals surface area contributed by atoms with Gasteiger partial charge in [-0.15, -0.1) is 0 Å². The topological polar surface area (TPSA) is 91.7 Å². The highest BCUT2D eigenvalue weighted by Crippen LogP contribution is 2.21. The maximum atomic E-state index is 12.2. The Bertz CT molecular complexity index is 818. The first-order valence-corrected chi connectivity index (χ1v) is 8.54. The lowest BCUT2D eigenvalue weighted by molar-refractivity contribution is -0.129. The Hall–Kier alpha value is -2.51. The van der Waals surface area contributed by atoms with Gasteiger partial charge in [-0.2, -0.15) is 0 Å². The molecular formula is C17H15Cl2N3O4. The summed E-state index contributed by atoms with van der Waals surface area (Å²) in [6.45, 7) is 0.563. The van der Waals surface area contributed by atoms with Crippen LogP contribution in [0, 0.1) is 5.92 Å². The number of nitrogens with zero attached hydrogens (tertiary/aromatic N) is 1. The molecule has 1 aromatic heterocycles. The molecular weight excluding hydrogens is 381 g/mol. The van der Waals surface area contributed by atoms with Gasteiger partial charge in [-0.25, -0.2) is 0 Å². The van der Waals surface area contributed by atoms with Crippen molar-refractivity contribution in [2.75, 3.05) is 6.54 Å². The Morgan fingerprint density at radius 3 is 2.58 bits per heavy atom. The lowest BCUT2D eigenvalue weighted by Gasteiger charge is -2.15. The summed E-state index contributed by atoms with van der Waals surface area (Å²) >= 11 is 11.7. The number of hydrogen-bond donors (Lipinski definition) is 2. The third-order valence-corrected chi connectivity index (χ3v) is 4.37. The van der Waals surface area contributed by atoms with Crippen LogP contribution in [0.15, 0.2) is 41.0 Å². The Morgan fingerprint density at radius 1 is 1.19 bits per heavy atom. The monoisotopic (exact) mass is 395 g/mol. The smallest absolute Gasteiger partial charge is 0.269 e. The Morgan fingerprint density at radius 2 is 1.92 bits per heavy atom. The largest absolute Gasteiger partial charge is 0.467 e. The van der Waals surface area contributed by atoms with E-state index in [-0.39, 0.29) is 24.4 Å². The van der Waals surface area contributed by atoms with Crippen LogP contribution in [0.4, 0.5) is 0 Å². The highest BCUT2D eigenvalue weighted by Gasteiger charge is 2.34. The molecule has 1 aliphatic rings. The van der Waals surface area contributed by atoms with Crippen molar-refractivity contribution < 1.29 is 18.8 Å². The van der Waals surface area contributed by atoms with Crippen molar-refractivity contribution >= 4 is 40.9 Å². The molecule has 0 bridgehead atoms. The zero-order chi connectivity index (χ0) is 18.7. The van der Waals surface area contributed by atoms with E-state index in [9.17, 15) is 14.4 Å². The molecule has 2 N–H and O–H groups in total. The van der Waals surface area contributed by atoms with Crippen molar-refractivity contribution in [3.05, 3.63) is 58.0 Å². The van der Waals surface area contributed by atoms with Gasteiger partial charge < -0.3 is 9.32 Å². The zero-order valence-corrected chi connectivity index (χ0v) is 15.0. The van der Waals surface area contributed by atoms with E-state index in [1.165, 1.54) is 24.5 Å². The van der Waals surface area contributed by atoms with Crippen molar-refractivity contribution in [2.45, 2.75) is 13.0 Å². The predicted octanol–water partition coefficient (Wildman–Crippen LogP) is 2.40. The molecule has 2 heterocycles. The molecule has 0 radical (unpaired) electrons. The lowest BCUT2D eigenvalue weighted by atomic mass is 10.1. The molecule has 1 aromatic carbocycles. The van der Waals surface area contributed by atoms with Crippen molar-refractivity contribution in [3.63, 3.8) is 0 Å². The molecule has 1 fully saturated rings. The summed E-state index contributed by atoms with van der Waals surface area (Å²) in [5.41, 5.74) is 4.85. The van der Waals surface area contributed by atoms with Crippen molar-refractivity contribution in [1.82, 2.24) is 15.8 Å². The van der Waals surface area contributed by atoms with Crippen LogP contribution >= 0.6 is 23.2 Å². The Kier molecular flexibility index (Phi) is 5.49. The van der Waals surface area contributed by atoms with E-state index in [4.69, 9.17) is 27.6 Å². The second-order valence-corrected chi connectivity index (χ2v) is 6.73. The van der Waals surface area contributed by atoms with E-state index in [1.807, 2.05) is 0 Å². The fourth-order valence-electron chi connectivity index (χ4n) is 2.67. The van der Waals surface area contributed by atoms with Gasteiger partial charge in [0.1, 0.15) is 5.76 Å². The molecule has 0 aliphatic carbocycles. The summed E-state index contributed by atoms with van der Waals surface area (Å²) in [5.74, 6) is -1.05. The number of likely N-dealkylation sites (tertiary alicyclic amines) is 1. The predicted molar refractivity (Wildman–Crippen MR) is 94.3 cm³/mol. The molecule has 3 rings (SSSR count). The summed E-state index contributed by atoms with van der Waals surface area (Å²) in [6.07, 6.45) is 1.60. The number of hydrogen-bond acceptors (Lipinski definition) is 4. The fraction of sp³-hybridized carbons (Fsp3) is 0.235. The quantitative estimate of drug-likeness (QED) is 0.777. The average molecular weight is 396 g/mol. The third kappa shape index (κ3) is 4.36. The molecule has 1 unspecified atom stereocenters. The lowest BCUT2D eigenvalue weighted by Crippen LogP contribution is -2.45. The van der Waals surface area contributed by atoms with E-state index in [0.29, 0.717) is 22.4 Å². The van der Waals surface area contributed by atoms with Gasteiger partial charge in [0, 0.05) is 28.6 Å². The van der Waals surface area contributed by atoms with Crippen molar-refractivity contribution in [3.8, 4) is 0 Å². The van der Waals surface area contributed by atoms with Crippen molar-refractivity contribution in [1.29, 1.82) is 0 Å². The summed E-state index contributed by atoms with van der Waals surface area (Å²) in [6, 6.07) is 7.85. The van der Waals surface area contributed by atoms with Gasteiger partial charge in [0.25, 0.3) is 5.91 Å². The zero-order valence-electron chi connectivity index (χ0n) is 13.5. The van der Waals surface area contributed by atoms with Crippen LogP contribution in [0.2, 0.25) is 10.0 Å². The number of amides is 3. The molecule has 26 heavy (non-hydrogen) atoms. The molecule has 1 saturated heterocycles. The number of benzene rings is 1. The van der Waals surface area contributed by atoms with Crippen LogP contribution in [-0.2, 0) is 16.1 Å². The minimum absolute atomic E-state index is 0.0748. The van der Waals surface area contributed by atoms with Crippen LogP contribution in [0.5, 0.6) is 0 Å². The first-order valence-electron chi connectivity index (χ1n) is 7.79. The Labute approximate surface area is 159 Å². The second kappa shape index (κ2) is 7.80. The van der Waals surface area contributed by atoms with Gasteiger partial charge in [0.05, 0.1) is 18.7 Å². The molecule has 9 heteroatoms. The summed E-state index contributed by atoms with van der Waals surface area (Å²) in [5, 5.41) is 0.618. The highest BCUT2D eigenvalue weighted by molar-refractivity contribution is 6.35. The molecule has 1 aliphatic heterocycles. The van der Waals surface area contributed by atoms with E-state index >= 15 is 0 Å². The van der Waals surface area contributed by atoms with Gasteiger partial charge >= 0.3 is 0 Å². The van der Waals surface area contributed by atoms with E-state index in [2.05, 4.69) is 10.9 Å². The van der Waals surface area contributed by atoms with Gasteiger partial charge in [-0.3, -0.25) is 25.2 Å². The molecule has 0 spiro atoms. The number of hydrazine groups is 1. The van der Waals surface area contributed by atoms with E-state index in [0.717, 1.165) is 0 Å². The maximum absolute atomic E-state index is 12.2. The molecule has 3 amide bonds. The van der Waals surface area contributed by atoms with Crippen LogP contribution in [-0.4, -0.2) is 29.2 Å². The number of carbonyl (C=O) groups is 3. The molecule has 136 valence electrons. The van der Waals surface area contributed by atoms with Gasteiger partial charge in [0.2, 0.25) is 11.8 Å². The molecule has 1 atom stereocenters. The SMILES string of the molecule is O=C(NNC(=O)C1CC(=O)N(Cc2ccco2)C1)c1cc(Cl)cc(Cl)c1. The van der Waals surface area contributed by atoms with E-state index in [1.54, 1.807) is 17.0 Å². The molecule has 7 nitrogen and oxygen atoms in total. The van der Waals surface area contributed by atoms with E-state index < -0.39 is 17.7 Å². The van der Waals surface area contributed by atoms with Gasteiger partial charge in [-0.05, 0) is 30.3 Å². The summed E-state index contributed by atoms with van der Waals surface area (Å²) in [4.78, 5) is 37.9. The first-order chi connectivity index (χ1) is 12.4. The number of carbonyl (C=O) groups excluding carboxylic acids is 3. The normalized spacial score (nSPS) is 16.6. The minimum atomic E-state index is -0.556. The maximum Gasteiger partial charge on any atom is 0.269 e.